The third-order valence-electron chi connectivity index (χ3n) is 3.33. The van der Waals surface area contributed by atoms with Crippen molar-refractivity contribution >= 4 is 0 Å². The number of hydrogen-bond acceptors (Lipinski definition) is 1. The lowest BCUT2D eigenvalue weighted by Crippen LogP contribution is -2.23. The van der Waals surface area contributed by atoms with Crippen molar-refractivity contribution in [2.75, 3.05) is 0 Å². The summed E-state index contributed by atoms with van der Waals surface area (Å²) in [7, 11) is 0. The normalized spacial score (nSPS) is 12.3. The van der Waals surface area contributed by atoms with Crippen LogP contribution in [0.3, 0.4) is 0 Å². The van der Waals surface area contributed by atoms with Crippen LogP contribution < -0.4 is 4.74 Å². The Balaban J connectivity index is 2.58. The Labute approximate surface area is 129 Å². The predicted octanol–water partition coefficient (Wildman–Crippen LogP) is 5.83. The summed E-state index contributed by atoms with van der Waals surface area (Å²) in [5.74, 6) is 0.946. The number of hydrogen-bond donors (Lipinski definition) is 0. The standard InChI is InChI=1S/C20H26O/c1-19(2,3)17-13-9-7-11-15(17)16-12-8-10-14-18(16)21-20(4,5)6/h7-14H,1-6H3. The maximum absolute atomic E-state index is 6.15. The minimum absolute atomic E-state index is 0.103. The highest BCUT2D eigenvalue weighted by Crippen LogP contribution is 2.38. The molecule has 0 spiro atoms. The molecule has 0 amide bonds. The van der Waals surface area contributed by atoms with Gasteiger partial charge in [-0.2, -0.15) is 0 Å². The van der Waals surface area contributed by atoms with Crippen LogP contribution in [0.1, 0.15) is 47.1 Å². The topological polar surface area (TPSA) is 9.23 Å². The first kappa shape index (κ1) is 15.6. The average Bonchev–Trinajstić information content (AvgIpc) is 2.36. The van der Waals surface area contributed by atoms with Crippen molar-refractivity contribution in [3.8, 4) is 16.9 Å². The van der Waals surface area contributed by atoms with Crippen molar-refractivity contribution in [3.05, 3.63) is 54.1 Å². The molecular formula is C20H26O. The molecule has 2 rings (SSSR count). The molecule has 0 unspecified atom stereocenters. The fraction of sp³-hybridized carbons (Fsp3) is 0.400. The molecule has 0 N–H and O–H groups in total. The summed E-state index contributed by atoms with van der Waals surface area (Å²) in [6.45, 7) is 13.0. The van der Waals surface area contributed by atoms with E-state index in [4.69, 9.17) is 4.74 Å². The van der Waals surface area contributed by atoms with Gasteiger partial charge in [-0.3, -0.25) is 0 Å². The molecule has 112 valence electrons. The van der Waals surface area contributed by atoms with E-state index in [-0.39, 0.29) is 11.0 Å². The van der Waals surface area contributed by atoms with Crippen LogP contribution in [0.2, 0.25) is 0 Å². The summed E-state index contributed by atoms with van der Waals surface area (Å²) in [6, 6.07) is 16.9. The number of rotatable bonds is 2. The van der Waals surface area contributed by atoms with Crippen molar-refractivity contribution in [1.29, 1.82) is 0 Å². The van der Waals surface area contributed by atoms with E-state index in [1.807, 2.05) is 6.07 Å². The fourth-order valence-corrected chi connectivity index (χ4v) is 2.48. The Morgan fingerprint density at radius 1 is 0.667 bits per heavy atom. The van der Waals surface area contributed by atoms with E-state index in [2.05, 4.69) is 84.0 Å². The highest BCUT2D eigenvalue weighted by Gasteiger charge is 2.21. The van der Waals surface area contributed by atoms with Crippen LogP contribution in [0.25, 0.3) is 11.1 Å². The fourth-order valence-electron chi connectivity index (χ4n) is 2.48. The van der Waals surface area contributed by atoms with Crippen LogP contribution in [-0.4, -0.2) is 5.60 Å². The van der Waals surface area contributed by atoms with Crippen LogP contribution in [0, 0.1) is 0 Å². The molecule has 0 saturated heterocycles. The molecular weight excluding hydrogens is 256 g/mol. The van der Waals surface area contributed by atoms with Crippen LogP contribution >= 0.6 is 0 Å². The van der Waals surface area contributed by atoms with E-state index in [1.165, 1.54) is 11.1 Å². The number of benzene rings is 2. The Bertz CT molecular complexity index is 612. The largest absolute Gasteiger partial charge is 0.488 e. The molecule has 0 bridgehead atoms. The minimum atomic E-state index is -0.202. The first-order chi connectivity index (χ1) is 9.68. The smallest absolute Gasteiger partial charge is 0.127 e. The zero-order valence-corrected chi connectivity index (χ0v) is 14.0. The van der Waals surface area contributed by atoms with Crippen LogP contribution in [0.15, 0.2) is 48.5 Å². The Morgan fingerprint density at radius 3 is 1.76 bits per heavy atom. The van der Waals surface area contributed by atoms with E-state index >= 15 is 0 Å². The molecule has 1 nitrogen and oxygen atoms in total. The molecule has 0 aliphatic heterocycles. The first-order valence-electron chi connectivity index (χ1n) is 7.56. The van der Waals surface area contributed by atoms with E-state index in [0.717, 1.165) is 11.3 Å². The van der Waals surface area contributed by atoms with E-state index < -0.39 is 0 Å². The third-order valence-corrected chi connectivity index (χ3v) is 3.33. The highest BCUT2D eigenvalue weighted by molar-refractivity contribution is 5.74. The predicted molar refractivity (Wildman–Crippen MR) is 91.0 cm³/mol. The zero-order chi connectivity index (χ0) is 15.7. The van der Waals surface area contributed by atoms with Gasteiger partial charge in [-0.1, -0.05) is 63.2 Å². The van der Waals surface area contributed by atoms with Gasteiger partial charge in [-0.05, 0) is 43.4 Å². The van der Waals surface area contributed by atoms with Gasteiger partial charge in [0.05, 0.1) is 0 Å². The summed E-state index contributed by atoms with van der Waals surface area (Å²) < 4.78 is 6.15. The second-order valence-electron chi connectivity index (χ2n) is 7.51. The van der Waals surface area contributed by atoms with E-state index in [9.17, 15) is 0 Å². The van der Waals surface area contributed by atoms with E-state index in [0.29, 0.717) is 0 Å². The van der Waals surface area contributed by atoms with Crippen molar-refractivity contribution in [3.63, 3.8) is 0 Å². The quantitative estimate of drug-likeness (QED) is 0.673. The summed E-state index contributed by atoms with van der Waals surface area (Å²) in [6.07, 6.45) is 0. The van der Waals surface area contributed by atoms with Crippen LogP contribution in [-0.2, 0) is 5.41 Å². The molecule has 0 atom stereocenters. The van der Waals surface area contributed by atoms with Gasteiger partial charge in [0.1, 0.15) is 11.4 Å². The Hall–Kier alpha value is -1.76. The molecule has 0 aliphatic rings. The van der Waals surface area contributed by atoms with Gasteiger partial charge in [-0.25, -0.2) is 0 Å². The van der Waals surface area contributed by atoms with Gasteiger partial charge in [-0.15, -0.1) is 0 Å². The molecule has 2 aromatic carbocycles. The molecule has 0 aliphatic carbocycles. The molecule has 0 radical (unpaired) electrons. The van der Waals surface area contributed by atoms with Crippen LogP contribution in [0.5, 0.6) is 5.75 Å². The van der Waals surface area contributed by atoms with Gasteiger partial charge in [0.2, 0.25) is 0 Å². The van der Waals surface area contributed by atoms with Gasteiger partial charge in [0, 0.05) is 5.56 Å². The molecule has 0 fully saturated rings. The maximum atomic E-state index is 6.15. The summed E-state index contributed by atoms with van der Waals surface area (Å²) >= 11 is 0. The van der Waals surface area contributed by atoms with Gasteiger partial charge in [0.25, 0.3) is 0 Å². The highest BCUT2D eigenvalue weighted by atomic mass is 16.5. The van der Waals surface area contributed by atoms with Crippen molar-refractivity contribution in [2.45, 2.75) is 52.6 Å². The number of ether oxygens (including phenoxy) is 1. The molecule has 2 aromatic rings. The lowest BCUT2D eigenvalue weighted by atomic mass is 9.81. The van der Waals surface area contributed by atoms with Gasteiger partial charge >= 0.3 is 0 Å². The Morgan fingerprint density at radius 2 is 1.19 bits per heavy atom. The first-order valence-corrected chi connectivity index (χ1v) is 7.56. The molecule has 0 saturated carbocycles. The third kappa shape index (κ3) is 3.87. The van der Waals surface area contributed by atoms with Gasteiger partial charge < -0.3 is 4.74 Å². The summed E-state index contributed by atoms with van der Waals surface area (Å²) in [4.78, 5) is 0. The lowest BCUT2D eigenvalue weighted by molar-refractivity contribution is 0.131. The number of para-hydroxylation sites is 1. The van der Waals surface area contributed by atoms with E-state index in [1.54, 1.807) is 0 Å². The summed E-state index contributed by atoms with van der Waals surface area (Å²) in [5, 5.41) is 0. The molecule has 0 heterocycles. The lowest BCUT2D eigenvalue weighted by Gasteiger charge is -2.26. The van der Waals surface area contributed by atoms with Crippen LogP contribution in [0.4, 0.5) is 0 Å². The second-order valence-corrected chi connectivity index (χ2v) is 7.51. The zero-order valence-electron chi connectivity index (χ0n) is 14.0. The second kappa shape index (κ2) is 5.55. The van der Waals surface area contributed by atoms with Crippen molar-refractivity contribution in [1.82, 2.24) is 0 Å². The van der Waals surface area contributed by atoms with Crippen molar-refractivity contribution < 1.29 is 4.74 Å². The van der Waals surface area contributed by atoms with Crippen molar-refractivity contribution in [2.24, 2.45) is 0 Å². The summed E-state index contributed by atoms with van der Waals surface area (Å²) in [5.41, 5.74) is 3.66. The average molecular weight is 282 g/mol. The monoisotopic (exact) mass is 282 g/mol. The minimum Gasteiger partial charge on any atom is -0.488 e. The van der Waals surface area contributed by atoms with Gasteiger partial charge in [0.15, 0.2) is 0 Å². The molecule has 21 heavy (non-hydrogen) atoms. The molecule has 0 aromatic heterocycles. The molecule has 1 heteroatoms. The maximum Gasteiger partial charge on any atom is 0.127 e. The Kier molecular flexibility index (Phi) is 4.13. The SMILES string of the molecule is CC(C)(C)Oc1ccccc1-c1ccccc1C(C)(C)C.